The van der Waals surface area contributed by atoms with Gasteiger partial charge in [0.05, 0.1) is 6.54 Å². The number of benzene rings is 1. The molecule has 0 radical (unpaired) electrons. The van der Waals surface area contributed by atoms with Crippen LogP contribution in [0.4, 0.5) is 19.0 Å². The fourth-order valence-corrected chi connectivity index (χ4v) is 3.82. The summed E-state index contributed by atoms with van der Waals surface area (Å²) in [6.45, 7) is 1.47. The minimum atomic E-state index is -5.00. The van der Waals surface area contributed by atoms with Crippen molar-refractivity contribution in [2.75, 3.05) is 18.0 Å². The van der Waals surface area contributed by atoms with Crippen LogP contribution in [0.3, 0.4) is 0 Å². The standard InChI is InChI=1S/C16H17F3N4O3S/c17-16(18,19)26-12-5-1-2-6-13(12)27(24,25)21-11-14-20-8-7-15(22-14)23-9-3-4-10-23/h1-2,5-8,21H,3-4,9-11H2. The van der Waals surface area contributed by atoms with Crippen molar-refractivity contribution >= 4 is 15.8 Å². The van der Waals surface area contributed by atoms with Crippen molar-refractivity contribution in [3.8, 4) is 5.75 Å². The molecule has 2 aromatic rings. The lowest BCUT2D eigenvalue weighted by atomic mass is 10.3. The van der Waals surface area contributed by atoms with Crippen molar-refractivity contribution in [2.24, 2.45) is 0 Å². The van der Waals surface area contributed by atoms with E-state index in [0.717, 1.165) is 38.1 Å². The molecule has 1 saturated heterocycles. The molecule has 0 atom stereocenters. The summed E-state index contributed by atoms with van der Waals surface area (Å²) in [5, 5.41) is 0. The highest BCUT2D eigenvalue weighted by molar-refractivity contribution is 7.89. The number of sulfonamides is 1. The van der Waals surface area contributed by atoms with Gasteiger partial charge in [-0.25, -0.2) is 23.1 Å². The molecule has 1 aliphatic rings. The summed E-state index contributed by atoms with van der Waals surface area (Å²) < 4.78 is 68.3. The Balaban J connectivity index is 1.75. The maximum atomic E-state index is 12.5. The number of anilines is 1. The molecular formula is C16H17F3N4O3S. The Hall–Kier alpha value is -2.40. The minimum Gasteiger partial charge on any atom is -0.404 e. The Morgan fingerprint density at radius 1 is 1.15 bits per heavy atom. The predicted molar refractivity (Wildman–Crippen MR) is 90.6 cm³/mol. The summed E-state index contributed by atoms with van der Waals surface area (Å²) in [4.78, 5) is 9.77. The van der Waals surface area contributed by atoms with E-state index in [0.29, 0.717) is 5.82 Å². The SMILES string of the molecule is O=S(=O)(NCc1nccc(N2CCCC2)n1)c1ccccc1OC(F)(F)F. The highest BCUT2D eigenvalue weighted by atomic mass is 32.2. The van der Waals surface area contributed by atoms with E-state index in [4.69, 9.17) is 0 Å². The molecule has 146 valence electrons. The van der Waals surface area contributed by atoms with Gasteiger partial charge in [0.1, 0.15) is 22.3 Å². The molecule has 1 aromatic carbocycles. The average Bonchev–Trinajstić information content (AvgIpc) is 3.14. The number of nitrogens with one attached hydrogen (secondary N) is 1. The zero-order chi connectivity index (χ0) is 19.5. The Kier molecular flexibility index (Phi) is 5.51. The number of hydrogen-bond donors (Lipinski definition) is 1. The van der Waals surface area contributed by atoms with E-state index in [2.05, 4.69) is 24.3 Å². The van der Waals surface area contributed by atoms with Crippen LogP contribution < -0.4 is 14.4 Å². The van der Waals surface area contributed by atoms with Crippen LogP contribution in [0.25, 0.3) is 0 Å². The van der Waals surface area contributed by atoms with E-state index in [-0.39, 0.29) is 12.4 Å². The van der Waals surface area contributed by atoms with Gasteiger partial charge in [-0.3, -0.25) is 0 Å². The second-order valence-electron chi connectivity index (χ2n) is 5.84. The largest absolute Gasteiger partial charge is 0.573 e. The van der Waals surface area contributed by atoms with E-state index in [1.165, 1.54) is 18.3 Å². The van der Waals surface area contributed by atoms with Crippen molar-refractivity contribution in [3.05, 3.63) is 42.4 Å². The zero-order valence-corrected chi connectivity index (χ0v) is 14.9. The lowest BCUT2D eigenvalue weighted by Gasteiger charge is -2.17. The molecule has 1 fully saturated rings. The molecule has 0 unspecified atom stereocenters. The third-order valence-corrected chi connectivity index (χ3v) is 5.35. The quantitative estimate of drug-likeness (QED) is 0.799. The van der Waals surface area contributed by atoms with Crippen LogP contribution in [0.15, 0.2) is 41.4 Å². The molecule has 2 heterocycles. The fourth-order valence-electron chi connectivity index (χ4n) is 2.71. The highest BCUT2D eigenvalue weighted by Gasteiger charge is 2.34. The molecule has 0 saturated carbocycles. The van der Waals surface area contributed by atoms with Crippen molar-refractivity contribution in [2.45, 2.75) is 30.6 Å². The first-order chi connectivity index (χ1) is 12.7. The van der Waals surface area contributed by atoms with Gasteiger partial charge in [-0.2, -0.15) is 0 Å². The van der Waals surface area contributed by atoms with Gasteiger partial charge >= 0.3 is 6.36 Å². The molecule has 3 rings (SSSR count). The van der Waals surface area contributed by atoms with Gasteiger partial charge in [-0.1, -0.05) is 12.1 Å². The first-order valence-electron chi connectivity index (χ1n) is 8.16. The number of rotatable bonds is 6. The third-order valence-electron chi connectivity index (χ3n) is 3.91. The lowest BCUT2D eigenvalue weighted by molar-refractivity contribution is -0.275. The molecule has 1 aromatic heterocycles. The Morgan fingerprint density at radius 2 is 1.85 bits per heavy atom. The topological polar surface area (TPSA) is 84.4 Å². The first kappa shape index (κ1) is 19.4. The van der Waals surface area contributed by atoms with Gasteiger partial charge in [0.15, 0.2) is 0 Å². The second kappa shape index (κ2) is 7.69. The first-order valence-corrected chi connectivity index (χ1v) is 9.64. The maximum absolute atomic E-state index is 12.5. The lowest BCUT2D eigenvalue weighted by Crippen LogP contribution is -2.27. The van der Waals surface area contributed by atoms with Gasteiger partial charge in [-0.15, -0.1) is 13.2 Å². The van der Waals surface area contributed by atoms with Crippen molar-refractivity contribution < 1.29 is 26.3 Å². The fraction of sp³-hybridized carbons (Fsp3) is 0.375. The van der Waals surface area contributed by atoms with E-state index in [9.17, 15) is 21.6 Å². The molecule has 0 spiro atoms. The van der Waals surface area contributed by atoms with Crippen LogP contribution in [0.1, 0.15) is 18.7 Å². The molecule has 0 amide bonds. The van der Waals surface area contributed by atoms with Gasteiger partial charge in [0.25, 0.3) is 0 Å². The van der Waals surface area contributed by atoms with Crippen LogP contribution in [0.2, 0.25) is 0 Å². The summed E-state index contributed by atoms with van der Waals surface area (Å²) in [5.74, 6) is 0.110. The Morgan fingerprint density at radius 3 is 2.56 bits per heavy atom. The highest BCUT2D eigenvalue weighted by Crippen LogP contribution is 2.29. The zero-order valence-electron chi connectivity index (χ0n) is 14.1. The summed E-state index contributed by atoms with van der Waals surface area (Å²) in [6, 6.07) is 6.26. The van der Waals surface area contributed by atoms with Crippen molar-refractivity contribution in [1.82, 2.24) is 14.7 Å². The van der Waals surface area contributed by atoms with Crippen molar-refractivity contribution in [1.29, 1.82) is 0 Å². The van der Waals surface area contributed by atoms with Gasteiger partial charge in [-0.05, 0) is 31.0 Å². The predicted octanol–water partition coefficient (Wildman–Crippen LogP) is 2.45. The molecule has 11 heteroatoms. The Bertz CT molecular complexity index is 900. The van der Waals surface area contributed by atoms with Gasteiger partial charge < -0.3 is 9.64 Å². The van der Waals surface area contributed by atoms with Gasteiger partial charge in [0.2, 0.25) is 10.0 Å². The minimum absolute atomic E-state index is 0.220. The van der Waals surface area contributed by atoms with Gasteiger partial charge in [0, 0.05) is 19.3 Å². The molecular weight excluding hydrogens is 385 g/mol. The number of aromatic nitrogens is 2. The van der Waals surface area contributed by atoms with Crippen molar-refractivity contribution in [3.63, 3.8) is 0 Å². The van der Waals surface area contributed by atoms with Crippen LogP contribution in [-0.2, 0) is 16.6 Å². The normalized spacial score (nSPS) is 15.1. The monoisotopic (exact) mass is 402 g/mol. The summed E-state index contributed by atoms with van der Waals surface area (Å²) in [7, 11) is -4.26. The van der Waals surface area contributed by atoms with E-state index >= 15 is 0 Å². The van der Waals surface area contributed by atoms with Crippen LogP contribution >= 0.6 is 0 Å². The third kappa shape index (κ3) is 5.07. The number of nitrogens with zero attached hydrogens (tertiary/aromatic N) is 3. The van der Waals surface area contributed by atoms with Crippen LogP contribution in [0, 0.1) is 0 Å². The number of ether oxygens (including phenoxy) is 1. The van der Waals surface area contributed by atoms with E-state index in [1.807, 2.05) is 0 Å². The Labute approximate surface area is 154 Å². The smallest absolute Gasteiger partial charge is 0.404 e. The van der Waals surface area contributed by atoms with Crippen LogP contribution in [0.5, 0.6) is 5.75 Å². The number of para-hydroxylation sites is 1. The summed E-state index contributed by atoms with van der Waals surface area (Å²) in [6.07, 6.45) is -1.37. The average molecular weight is 402 g/mol. The molecule has 1 N–H and O–H groups in total. The summed E-state index contributed by atoms with van der Waals surface area (Å²) >= 11 is 0. The number of alkyl halides is 3. The number of hydrogen-bond acceptors (Lipinski definition) is 6. The summed E-state index contributed by atoms with van der Waals surface area (Å²) in [5.41, 5.74) is 0. The molecule has 0 bridgehead atoms. The van der Waals surface area contributed by atoms with Crippen LogP contribution in [-0.4, -0.2) is 37.8 Å². The number of halogens is 3. The second-order valence-corrected chi connectivity index (χ2v) is 7.58. The molecule has 1 aliphatic heterocycles. The molecule has 0 aliphatic carbocycles. The maximum Gasteiger partial charge on any atom is 0.573 e. The van der Waals surface area contributed by atoms with E-state index in [1.54, 1.807) is 6.07 Å². The molecule has 7 nitrogen and oxygen atoms in total. The molecule has 27 heavy (non-hydrogen) atoms. The van der Waals surface area contributed by atoms with E-state index < -0.39 is 27.0 Å².